The average Bonchev–Trinajstić information content (AvgIpc) is 3.71. The van der Waals surface area contributed by atoms with E-state index in [0.29, 0.717) is 0 Å². The minimum Gasteiger partial charge on any atom is -0.309 e. The molecule has 0 spiro atoms. The van der Waals surface area contributed by atoms with Gasteiger partial charge < -0.3 is 4.57 Å². The van der Waals surface area contributed by atoms with Crippen molar-refractivity contribution >= 4 is 21.8 Å². The molecule has 2 aliphatic rings. The summed E-state index contributed by atoms with van der Waals surface area (Å²) in [6.07, 6.45) is 0.940. The normalized spacial score (nSPS) is 15.4. The van der Waals surface area contributed by atoms with E-state index in [4.69, 9.17) is 0 Å². The van der Waals surface area contributed by atoms with Crippen LogP contribution in [0.2, 0.25) is 0 Å². The summed E-state index contributed by atoms with van der Waals surface area (Å²) < 4.78 is 2.49. The van der Waals surface area contributed by atoms with Gasteiger partial charge in [-0.3, -0.25) is 0 Å². The highest BCUT2D eigenvalue weighted by Gasteiger charge is 2.38. The van der Waals surface area contributed by atoms with E-state index in [1.165, 1.54) is 88.7 Å². The van der Waals surface area contributed by atoms with Crippen LogP contribution in [0.3, 0.4) is 0 Å². The molecular weight excluding hydrogens is 615 g/mol. The van der Waals surface area contributed by atoms with Crippen LogP contribution in [-0.2, 0) is 17.3 Å². The molecule has 1 unspecified atom stereocenters. The molecule has 1 aromatic heterocycles. The molecule has 246 valence electrons. The molecule has 0 amide bonds. The third kappa shape index (κ3) is 4.34. The number of rotatable bonds is 5. The van der Waals surface area contributed by atoms with Crippen molar-refractivity contribution in [3.05, 3.63) is 197 Å². The highest BCUT2D eigenvalue weighted by atomic mass is 15.0. The van der Waals surface area contributed by atoms with Crippen molar-refractivity contribution in [1.29, 1.82) is 0 Å². The third-order valence-corrected chi connectivity index (χ3v) is 12.2. The van der Waals surface area contributed by atoms with Crippen molar-refractivity contribution in [2.45, 2.75) is 50.9 Å². The van der Waals surface area contributed by atoms with Crippen LogP contribution in [0.1, 0.15) is 72.6 Å². The number of fused-ring (bicyclic) bond motifs is 9. The molecule has 51 heavy (non-hydrogen) atoms. The molecule has 2 aliphatic carbocycles. The Labute approximate surface area is 300 Å². The van der Waals surface area contributed by atoms with Crippen LogP contribution in [0, 0.1) is 0 Å². The second kappa shape index (κ2) is 10.9. The second-order valence-electron chi connectivity index (χ2n) is 15.7. The van der Waals surface area contributed by atoms with Crippen LogP contribution >= 0.6 is 0 Å². The molecule has 8 aromatic rings. The second-order valence-corrected chi connectivity index (χ2v) is 15.7. The molecule has 0 radical (unpaired) electrons. The van der Waals surface area contributed by atoms with Gasteiger partial charge in [0.15, 0.2) is 0 Å². The quantitative estimate of drug-likeness (QED) is 0.174. The van der Waals surface area contributed by atoms with Gasteiger partial charge in [0.25, 0.3) is 0 Å². The zero-order chi connectivity index (χ0) is 34.5. The van der Waals surface area contributed by atoms with Gasteiger partial charge in [0.2, 0.25) is 0 Å². The predicted octanol–water partition coefficient (Wildman–Crippen LogP) is 12.8. The largest absolute Gasteiger partial charge is 0.309 e. The molecule has 1 heterocycles. The summed E-state index contributed by atoms with van der Waals surface area (Å²) in [4.78, 5) is 0. The maximum atomic E-state index is 2.52. The van der Waals surface area contributed by atoms with E-state index in [9.17, 15) is 0 Å². The Morgan fingerprint density at radius 1 is 0.451 bits per heavy atom. The molecule has 0 saturated carbocycles. The van der Waals surface area contributed by atoms with Crippen LogP contribution in [0.25, 0.3) is 49.7 Å². The standard InChI is InChI=1S/C50H41N/c1-49(2)41-20-11-8-17-35(41)36-28-26-34(31-44(36)49)40(33-15-6-5-7-16-33)29-32-25-27-39-43(30-32)50(3,4)42-21-14-24-47(48(39)42)51-45-22-12-9-18-37(45)38-19-10-13-23-46(38)51/h5-28,30-31,40H,29H2,1-4H3. The topological polar surface area (TPSA) is 4.93 Å². The molecule has 0 bridgehead atoms. The first-order chi connectivity index (χ1) is 24.8. The number of hydrogen-bond acceptors (Lipinski definition) is 0. The summed E-state index contributed by atoms with van der Waals surface area (Å²) in [5, 5.41) is 2.59. The highest BCUT2D eigenvalue weighted by molar-refractivity contribution is 6.10. The summed E-state index contributed by atoms with van der Waals surface area (Å²) in [6.45, 7) is 9.58. The van der Waals surface area contributed by atoms with E-state index in [2.05, 4.69) is 190 Å². The summed E-state index contributed by atoms with van der Waals surface area (Å²) in [5.41, 5.74) is 18.9. The molecule has 1 atom stereocenters. The smallest absolute Gasteiger partial charge is 0.0543 e. The molecule has 1 nitrogen and oxygen atoms in total. The zero-order valence-corrected chi connectivity index (χ0v) is 29.7. The Balaban J connectivity index is 1.09. The van der Waals surface area contributed by atoms with Gasteiger partial charge in [0.05, 0.1) is 16.7 Å². The van der Waals surface area contributed by atoms with Gasteiger partial charge in [0, 0.05) is 33.1 Å². The fraction of sp³-hybridized carbons (Fsp3) is 0.160. The Morgan fingerprint density at radius 3 is 1.80 bits per heavy atom. The summed E-state index contributed by atoms with van der Waals surface area (Å²) >= 11 is 0. The molecule has 0 saturated heterocycles. The molecule has 7 aromatic carbocycles. The summed E-state index contributed by atoms with van der Waals surface area (Å²) in [6, 6.07) is 59.3. The SMILES string of the molecule is CC1(C)c2ccccc2-c2ccc(C(Cc3ccc4c(c3)C(C)(C)c3cccc(-n5c6ccccc6c6ccccc65)c3-4)c3ccccc3)cc21. The van der Waals surface area contributed by atoms with Gasteiger partial charge in [-0.15, -0.1) is 0 Å². The number of nitrogens with zero attached hydrogens (tertiary/aromatic N) is 1. The van der Waals surface area contributed by atoms with Crippen LogP contribution in [0.15, 0.2) is 158 Å². The molecule has 1 heteroatoms. The van der Waals surface area contributed by atoms with Crippen molar-refractivity contribution in [2.75, 3.05) is 0 Å². The van der Waals surface area contributed by atoms with Crippen LogP contribution < -0.4 is 0 Å². The molecule has 0 N–H and O–H groups in total. The predicted molar refractivity (Wildman–Crippen MR) is 214 cm³/mol. The van der Waals surface area contributed by atoms with E-state index in [1.807, 2.05) is 0 Å². The lowest BCUT2D eigenvalue weighted by Gasteiger charge is -2.25. The first-order valence-electron chi connectivity index (χ1n) is 18.4. The lowest BCUT2D eigenvalue weighted by Crippen LogP contribution is -2.16. The average molecular weight is 656 g/mol. The minimum atomic E-state index is -0.124. The zero-order valence-electron chi connectivity index (χ0n) is 29.7. The van der Waals surface area contributed by atoms with E-state index in [0.717, 1.165) is 6.42 Å². The maximum absolute atomic E-state index is 2.52. The van der Waals surface area contributed by atoms with E-state index < -0.39 is 0 Å². The van der Waals surface area contributed by atoms with E-state index in [1.54, 1.807) is 0 Å². The Kier molecular flexibility index (Phi) is 6.46. The summed E-state index contributed by atoms with van der Waals surface area (Å²) in [7, 11) is 0. The van der Waals surface area contributed by atoms with Gasteiger partial charge in [-0.25, -0.2) is 0 Å². The lowest BCUT2D eigenvalue weighted by molar-refractivity contribution is 0.655. The number of benzene rings is 7. The maximum Gasteiger partial charge on any atom is 0.0543 e. The van der Waals surface area contributed by atoms with Crippen molar-refractivity contribution in [3.8, 4) is 27.9 Å². The Hall–Kier alpha value is -5.66. The first-order valence-corrected chi connectivity index (χ1v) is 18.4. The van der Waals surface area contributed by atoms with Crippen LogP contribution in [-0.4, -0.2) is 4.57 Å². The van der Waals surface area contributed by atoms with E-state index in [-0.39, 0.29) is 16.7 Å². The number of aromatic nitrogens is 1. The van der Waals surface area contributed by atoms with Crippen LogP contribution in [0.5, 0.6) is 0 Å². The minimum absolute atomic E-state index is 0.0272. The van der Waals surface area contributed by atoms with Gasteiger partial charge in [-0.05, 0) is 80.3 Å². The van der Waals surface area contributed by atoms with Crippen LogP contribution in [0.4, 0.5) is 0 Å². The van der Waals surface area contributed by atoms with Gasteiger partial charge >= 0.3 is 0 Å². The molecule has 0 fully saturated rings. The highest BCUT2D eigenvalue weighted by Crippen LogP contribution is 2.53. The van der Waals surface area contributed by atoms with E-state index >= 15 is 0 Å². The van der Waals surface area contributed by atoms with Gasteiger partial charge in [-0.1, -0.05) is 167 Å². The Morgan fingerprint density at radius 2 is 1.04 bits per heavy atom. The van der Waals surface area contributed by atoms with Crippen molar-refractivity contribution in [1.82, 2.24) is 4.57 Å². The fourth-order valence-corrected chi connectivity index (χ4v) is 9.60. The monoisotopic (exact) mass is 655 g/mol. The lowest BCUT2D eigenvalue weighted by atomic mass is 9.78. The summed E-state index contributed by atoms with van der Waals surface area (Å²) in [5.74, 6) is 0.245. The Bertz CT molecular complexity index is 2610. The molecule has 10 rings (SSSR count). The van der Waals surface area contributed by atoms with Crippen molar-refractivity contribution < 1.29 is 0 Å². The third-order valence-electron chi connectivity index (χ3n) is 12.2. The van der Waals surface area contributed by atoms with Gasteiger partial charge in [0.1, 0.15) is 0 Å². The van der Waals surface area contributed by atoms with Gasteiger partial charge in [-0.2, -0.15) is 0 Å². The number of hydrogen-bond donors (Lipinski definition) is 0. The fourth-order valence-electron chi connectivity index (χ4n) is 9.60. The first kappa shape index (κ1) is 30.2. The molecule has 0 aliphatic heterocycles. The molecular formula is C50H41N. The van der Waals surface area contributed by atoms with Crippen molar-refractivity contribution in [3.63, 3.8) is 0 Å². The number of para-hydroxylation sites is 2. The van der Waals surface area contributed by atoms with Crippen molar-refractivity contribution in [2.24, 2.45) is 0 Å².